The van der Waals surface area contributed by atoms with Crippen LogP contribution in [0.2, 0.25) is 0 Å². The minimum Gasteiger partial charge on any atom is -0.476 e. The van der Waals surface area contributed by atoms with Crippen LogP contribution in [0.3, 0.4) is 0 Å². The second kappa shape index (κ2) is 6.53. The summed E-state index contributed by atoms with van der Waals surface area (Å²) in [5.41, 5.74) is 2.85. The van der Waals surface area contributed by atoms with Gasteiger partial charge in [-0.25, -0.2) is 19.0 Å². The number of hydrogen-bond acceptors (Lipinski definition) is 6. The molecular formula is C19H21N7O. The number of anilines is 1. The first-order chi connectivity index (χ1) is 13.3. The Morgan fingerprint density at radius 1 is 1.11 bits per heavy atom. The Morgan fingerprint density at radius 3 is 2.89 bits per heavy atom. The van der Waals surface area contributed by atoms with E-state index in [-0.39, 0.29) is 0 Å². The number of nitrogens with zero attached hydrogens (tertiary/aromatic N) is 7. The molecule has 1 aliphatic rings. The molecule has 5 heterocycles. The summed E-state index contributed by atoms with van der Waals surface area (Å²) in [6.07, 6.45) is 9.55. The van der Waals surface area contributed by atoms with E-state index in [0.29, 0.717) is 18.4 Å². The maximum absolute atomic E-state index is 5.95. The molecule has 8 nitrogen and oxygen atoms in total. The highest BCUT2D eigenvalue weighted by atomic mass is 16.5. The van der Waals surface area contributed by atoms with Crippen molar-refractivity contribution in [1.29, 1.82) is 0 Å². The lowest BCUT2D eigenvalue weighted by atomic mass is 9.98. The SMILES string of the molecule is Cc1cn2nc(OCC3CCN(c4nccn5nccc45)CC3)ccc2n1. The molecular weight excluding hydrogens is 342 g/mol. The molecule has 8 heteroatoms. The zero-order valence-corrected chi connectivity index (χ0v) is 15.2. The quantitative estimate of drug-likeness (QED) is 0.554. The Morgan fingerprint density at radius 2 is 2.00 bits per heavy atom. The zero-order chi connectivity index (χ0) is 18.2. The molecule has 1 saturated heterocycles. The minimum absolute atomic E-state index is 0.521. The third-order valence-electron chi connectivity index (χ3n) is 5.10. The van der Waals surface area contributed by atoms with E-state index in [0.717, 1.165) is 48.6 Å². The van der Waals surface area contributed by atoms with Crippen LogP contribution in [-0.4, -0.2) is 48.9 Å². The number of piperidine rings is 1. The van der Waals surface area contributed by atoms with Gasteiger partial charge in [-0.2, -0.15) is 5.10 Å². The molecule has 0 amide bonds. The summed E-state index contributed by atoms with van der Waals surface area (Å²) >= 11 is 0. The van der Waals surface area contributed by atoms with Gasteiger partial charge in [-0.15, -0.1) is 5.10 Å². The van der Waals surface area contributed by atoms with Crippen LogP contribution >= 0.6 is 0 Å². The summed E-state index contributed by atoms with van der Waals surface area (Å²) in [4.78, 5) is 11.3. The maximum atomic E-state index is 5.95. The predicted molar refractivity (Wildman–Crippen MR) is 101 cm³/mol. The summed E-state index contributed by atoms with van der Waals surface area (Å²) in [5, 5.41) is 8.76. The molecule has 0 saturated carbocycles. The molecule has 5 rings (SSSR count). The Hall–Kier alpha value is -3.16. The molecule has 4 aromatic heterocycles. The lowest BCUT2D eigenvalue weighted by molar-refractivity contribution is 0.213. The van der Waals surface area contributed by atoms with Crippen molar-refractivity contribution in [2.24, 2.45) is 5.92 Å². The van der Waals surface area contributed by atoms with Crippen molar-refractivity contribution >= 4 is 17.0 Å². The normalized spacial score (nSPS) is 15.7. The highest BCUT2D eigenvalue weighted by Crippen LogP contribution is 2.25. The monoisotopic (exact) mass is 363 g/mol. The van der Waals surface area contributed by atoms with Gasteiger partial charge >= 0.3 is 0 Å². The van der Waals surface area contributed by atoms with Gasteiger partial charge in [-0.3, -0.25) is 0 Å². The fourth-order valence-electron chi connectivity index (χ4n) is 3.66. The Bertz CT molecular complexity index is 1080. The van der Waals surface area contributed by atoms with E-state index in [9.17, 15) is 0 Å². The molecule has 27 heavy (non-hydrogen) atoms. The molecule has 4 aromatic rings. The van der Waals surface area contributed by atoms with Crippen LogP contribution in [-0.2, 0) is 0 Å². The first kappa shape index (κ1) is 16.0. The number of aryl methyl sites for hydroxylation is 1. The molecule has 0 radical (unpaired) electrons. The van der Waals surface area contributed by atoms with Crippen LogP contribution in [0, 0.1) is 12.8 Å². The lowest BCUT2D eigenvalue weighted by Crippen LogP contribution is -2.36. The average Bonchev–Trinajstić information content (AvgIpc) is 3.31. The van der Waals surface area contributed by atoms with E-state index < -0.39 is 0 Å². The zero-order valence-electron chi connectivity index (χ0n) is 15.2. The van der Waals surface area contributed by atoms with Crippen LogP contribution in [0.25, 0.3) is 11.2 Å². The third-order valence-corrected chi connectivity index (χ3v) is 5.10. The Labute approximate surface area is 156 Å². The second-order valence-electron chi connectivity index (χ2n) is 7.01. The van der Waals surface area contributed by atoms with Crippen LogP contribution in [0.5, 0.6) is 5.88 Å². The Kier molecular flexibility index (Phi) is 3.88. The number of fused-ring (bicyclic) bond motifs is 2. The number of imidazole rings is 1. The number of hydrogen-bond donors (Lipinski definition) is 0. The molecule has 0 spiro atoms. The van der Waals surface area contributed by atoms with E-state index in [1.165, 1.54) is 0 Å². The van der Waals surface area contributed by atoms with Crippen molar-refractivity contribution < 1.29 is 4.74 Å². The standard InChI is InChI=1S/C19H21N7O/c1-14-12-26-17(22-14)2-3-18(23-26)27-13-15-5-9-24(10-6-15)19-16-4-7-21-25(16)11-8-20-19/h2-4,7-8,11-12,15H,5-6,9-10,13H2,1H3. The first-order valence-electron chi connectivity index (χ1n) is 9.25. The van der Waals surface area contributed by atoms with Gasteiger partial charge in [0.05, 0.1) is 24.7 Å². The van der Waals surface area contributed by atoms with Crippen LogP contribution in [0.1, 0.15) is 18.5 Å². The van der Waals surface area contributed by atoms with Crippen LogP contribution in [0.15, 0.2) is 43.0 Å². The predicted octanol–water partition coefficient (Wildman–Crippen LogP) is 2.38. The fraction of sp³-hybridized carbons (Fsp3) is 0.368. The van der Waals surface area contributed by atoms with Gasteiger partial charge in [-0.05, 0) is 37.8 Å². The number of rotatable bonds is 4. The molecule has 0 aliphatic carbocycles. The van der Waals surface area contributed by atoms with E-state index in [4.69, 9.17) is 4.74 Å². The van der Waals surface area contributed by atoms with E-state index >= 15 is 0 Å². The molecule has 0 unspecified atom stereocenters. The summed E-state index contributed by atoms with van der Waals surface area (Å²) in [6, 6.07) is 5.84. The van der Waals surface area contributed by atoms with Crippen molar-refractivity contribution in [3.8, 4) is 5.88 Å². The largest absolute Gasteiger partial charge is 0.476 e. The number of ether oxygens (including phenoxy) is 1. The second-order valence-corrected chi connectivity index (χ2v) is 7.01. The highest BCUT2D eigenvalue weighted by Gasteiger charge is 2.22. The molecule has 1 fully saturated rings. The first-order valence-corrected chi connectivity index (χ1v) is 9.25. The summed E-state index contributed by atoms with van der Waals surface area (Å²) < 4.78 is 9.59. The van der Waals surface area contributed by atoms with Gasteiger partial charge in [-0.1, -0.05) is 0 Å². The topological polar surface area (TPSA) is 72.9 Å². The summed E-state index contributed by atoms with van der Waals surface area (Å²) in [6.45, 7) is 4.59. The lowest BCUT2D eigenvalue weighted by Gasteiger charge is -2.32. The Balaban J connectivity index is 1.21. The van der Waals surface area contributed by atoms with Crippen LogP contribution in [0.4, 0.5) is 5.82 Å². The van der Waals surface area contributed by atoms with Gasteiger partial charge < -0.3 is 9.64 Å². The van der Waals surface area contributed by atoms with Gasteiger partial charge in [0.25, 0.3) is 0 Å². The minimum atomic E-state index is 0.521. The van der Waals surface area contributed by atoms with E-state index in [1.54, 1.807) is 4.52 Å². The van der Waals surface area contributed by atoms with Gasteiger partial charge in [0.1, 0.15) is 5.52 Å². The maximum Gasteiger partial charge on any atom is 0.231 e. The molecule has 0 atom stereocenters. The van der Waals surface area contributed by atoms with Crippen molar-refractivity contribution in [1.82, 2.24) is 29.2 Å². The molecule has 138 valence electrons. The highest BCUT2D eigenvalue weighted by molar-refractivity contribution is 5.68. The van der Waals surface area contributed by atoms with Crippen molar-refractivity contribution in [2.45, 2.75) is 19.8 Å². The van der Waals surface area contributed by atoms with E-state index in [2.05, 4.69) is 25.1 Å². The van der Waals surface area contributed by atoms with Crippen molar-refractivity contribution in [2.75, 3.05) is 24.6 Å². The van der Waals surface area contributed by atoms with Crippen molar-refractivity contribution in [3.63, 3.8) is 0 Å². The molecule has 0 aromatic carbocycles. The molecule has 0 N–H and O–H groups in total. The number of aromatic nitrogens is 6. The average molecular weight is 363 g/mol. The van der Waals surface area contributed by atoms with E-state index in [1.807, 2.05) is 54.4 Å². The molecule has 0 bridgehead atoms. The molecule has 1 aliphatic heterocycles. The summed E-state index contributed by atoms with van der Waals surface area (Å²) in [5.74, 6) is 2.18. The van der Waals surface area contributed by atoms with Crippen molar-refractivity contribution in [3.05, 3.63) is 48.7 Å². The van der Waals surface area contributed by atoms with Crippen LogP contribution < -0.4 is 9.64 Å². The fourth-order valence-corrected chi connectivity index (χ4v) is 3.66. The summed E-state index contributed by atoms with van der Waals surface area (Å²) in [7, 11) is 0. The smallest absolute Gasteiger partial charge is 0.231 e. The third kappa shape index (κ3) is 3.07. The van der Waals surface area contributed by atoms with Gasteiger partial charge in [0.2, 0.25) is 5.88 Å². The van der Waals surface area contributed by atoms with Gasteiger partial charge in [0, 0.05) is 31.5 Å². The van der Waals surface area contributed by atoms with Gasteiger partial charge in [0.15, 0.2) is 11.5 Å².